The smallest absolute Gasteiger partial charge is 0.251 e. The number of halogens is 2. The van der Waals surface area contributed by atoms with Gasteiger partial charge in [-0.05, 0) is 67.4 Å². The van der Waals surface area contributed by atoms with Crippen LogP contribution in [-0.4, -0.2) is 59.3 Å². The molecule has 12 heteroatoms. The van der Waals surface area contributed by atoms with Gasteiger partial charge in [-0.25, -0.2) is 8.78 Å². The van der Waals surface area contributed by atoms with Crippen LogP contribution >= 0.6 is 0 Å². The van der Waals surface area contributed by atoms with Crippen molar-refractivity contribution >= 4 is 39.9 Å². The van der Waals surface area contributed by atoms with Crippen molar-refractivity contribution in [2.45, 2.75) is 31.6 Å². The van der Waals surface area contributed by atoms with Crippen molar-refractivity contribution in [2.75, 3.05) is 43.1 Å². The molecular weight excluding hydrogens is 614 g/mol. The molecule has 0 bridgehead atoms. The molecule has 9 nitrogen and oxygen atoms in total. The lowest BCUT2D eigenvalue weighted by Gasteiger charge is -2.16. The van der Waals surface area contributed by atoms with Crippen molar-refractivity contribution in [3.05, 3.63) is 83.9 Å². The van der Waals surface area contributed by atoms with E-state index in [0.29, 0.717) is 11.4 Å². The first-order valence-corrected chi connectivity index (χ1v) is 15.2. The first-order valence-electron chi connectivity index (χ1n) is 13.9. The van der Waals surface area contributed by atoms with Crippen molar-refractivity contribution in [3.63, 3.8) is 0 Å². The quantitative estimate of drug-likeness (QED) is 0.291. The number of carbonyl (C=O) groups is 3. The maximum atomic E-state index is 13.3. The summed E-state index contributed by atoms with van der Waals surface area (Å²) in [5.74, 6) is -1.01. The number of ether oxygens (including phenoxy) is 1. The van der Waals surface area contributed by atoms with E-state index in [0.717, 1.165) is 42.6 Å². The zero-order valence-corrected chi connectivity index (χ0v) is 26.9. The van der Waals surface area contributed by atoms with Gasteiger partial charge in [0.15, 0.2) is 11.6 Å². The Morgan fingerprint density at radius 3 is 1.96 bits per heavy atom. The number of hydrogen-bond donors (Lipinski definition) is 3. The number of primary amides is 1. The van der Waals surface area contributed by atoms with Gasteiger partial charge in [-0.3, -0.25) is 18.6 Å². The molecular formula is C34H40F2N4O5S. The highest BCUT2D eigenvalue weighted by molar-refractivity contribution is 7.85. The monoisotopic (exact) mass is 654 g/mol. The van der Waals surface area contributed by atoms with Crippen LogP contribution in [0.5, 0.6) is 5.75 Å². The van der Waals surface area contributed by atoms with Crippen molar-refractivity contribution in [2.24, 2.45) is 5.73 Å². The van der Waals surface area contributed by atoms with Gasteiger partial charge in [-0.1, -0.05) is 19.1 Å². The zero-order chi connectivity index (χ0) is 35.1. The third-order valence-electron chi connectivity index (χ3n) is 5.89. The molecule has 1 atom stereocenters. The fourth-order valence-electron chi connectivity index (χ4n) is 3.75. The third kappa shape index (κ3) is 15.0. The highest BCUT2D eigenvalue weighted by Crippen LogP contribution is 2.16. The molecule has 0 spiro atoms. The van der Waals surface area contributed by atoms with E-state index in [9.17, 15) is 27.4 Å². The Morgan fingerprint density at radius 1 is 0.913 bits per heavy atom. The number of benzene rings is 3. The van der Waals surface area contributed by atoms with Crippen LogP contribution in [0, 0.1) is 37.3 Å². The van der Waals surface area contributed by atoms with E-state index in [1.807, 2.05) is 6.92 Å². The molecule has 3 aromatic carbocycles. The van der Waals surface area contributed by atoms with Gasteiger partial charge in [-0.2, -0.15) is 0 Å². The van der Waals surface area contributed by atoms with Gasteiger partial charge in [0.25, 0.3) is 5.91 Å². The summed E-state index contributed by atoms with van der Waals surface area (Å²) >= 11 is 0. The molecule has 1 heterocycles. The number of para-hydroxylation sites is 1. The molecule has 0 radical (unpaired) electrons. The Morgan fingerprint density at radius 2 is 1.48 bits per heavy atom. The molecule has 0 aliphatic carbocycles. The maximum Gasteiger partial charge on any atom is 0.251 e. The van der Waals surface area contributed by atoms with Crippen LogP contribution in [-0.2, 0) is 20.4 Å². The van der Waals surface area contributed by atoms with E-state index in [1.54, 1.807) is 47.4 Å². The van der Waals surface area contributed by atoms with E-state index >= 15 is 0 Å². The zero-order valence-electron chi connectivity index (χ0n) is 26.1. The minimum Gasteiger partial charge on any atom is -0.494 e. The third-order valence-corrected chi connectivity index (χ3v) is 7.21. The Labute approximate surface area is 272 Å². The fourth-order valence-corrected chi connectivity index (χ4v) is 4.52. The average molecular weight is 655 g/mol. The number of nitrogens with zero attached hydrogens (tertiary/aromatic N) is 1. The number of nitrogens with one attached hydrogen (secondary N) is 2. The largest absolute Gasteiger partial charge is 0.494 e. The number of terminal acetylenes is 2. The Kier molecular flexibility index (Phi) is 20.6. The molecule has 0 saturated carbocycles. The van der Waals surface area contributed by atoms with Crippen LogP contribution in [0.1, 0.15) is 37.0 Å². The second-order valence-electron chi connectivity index (χ2n) is 8.97. The van der Waals surface area contributed by atoms with Crippen LogP contribution in [0.25, 0.3) is 0 Å². The second-order valence-corrected chi connectivity index (χ2v) is 10.7. The minimum atomic E-state index is -0.924. The lowest BCUT2D eigenvalue weighted by atomic mass is 10.2. The Balaban J connectivity index is 0.000000660. The van der Waals surface area contributed by atoms with E-state index in [2.05, 4.69) is 41.1 Å². The Hall–Kier alpha value is -5.20. The van der Waals surface area contributed by atoms with E-state index in [4.69, 9.17) is 5.73 Å². The summed E-state index contributed by atoms with van der Waals surface area (Å²) in [7, 11) is 0.519. The van der Waals surface area contributed by atoms with Crippen molar-refractivity contribution in [1.82, 2.24) is 4.90 Å². The molecule has 0 aromatic heterocycles. The standard InChI is InChI=1S/C13H16FN3O2.C10H13NO2S.C7H7FO.2C2H2/c14-11-4-3-9(7-10(11)13(15)19)16-8-12(18)17-5-1-2-6-17;1-3-14(13)10-6-4-9(5-7-10)11-8(2)12;1-9-7-5-3-2-4-6(7)8;2*1-2/h3-4,7,16H,1-2,5-6,8H2,(H2,15,19);4-7H,3H2,1-2H3,(H,11,12);2-5H,1H3;2*1-2H. The second kappa shape index (κ2) is 23.2. The van der Waals surface area contributed by atoms with Gasteiger partial charge in [0.05, 0.1) is 30.0 Å². The number of carbonyl (C=O) groups excluding carboxylic acids is 3. The van der Waals surface area contributed by atoms with Gasteiger partial charge in [0.2, 0.25) is 11.8 Å². The molecule has 246 valence electrons. The van der Waals surface area contributed by atoms with Gasteiger partial charge < -0.3 is 26.0 Å². The predicted molar refractivity (Wildman–Crippen MR) is 180 cm³/mol. The molecule has 1 saturated heterocycles. The molecule has 1 unspecified atom stereocenters. The number of rotatable bonds is 8. The number of nitrogens with two attached hydrogens (primary N) is 1. The van der Waals surface area contributed by atoms with Crippen LogP contribution in [0.3, 0.4) is 0 Å². The number of anilines is 2. The van der Waals surface area contributed by atoms with Crippen molar-refractivity contribution in [3.8, 4) is 31.4 Å². The molecule has 4 rings (SSSR count). The summed E-state index contributed by atoms with van der Waals surface area (Å²) in [5.41, 5.74) is 6.11. The van der Waals surface area contributed by atoms with E-state index in [1.165, 1.54) is 32.2 Å². The fraction of sp³-hybridized carbons (Fsp3) is 0.265. The molecule has 46 heavy (non-hydrogen) atoms. The number of methoxy groups -OCH3 is 1. The number of amides is 3. The average Bonchev–Trinajstić information content (AvgIpc) is 3.62. The molecule has 3 aromatic rings. The summed E-state index contributed by atoms with van der Waals surface area (Å²) in [6.07, 6.45) is 18.1. The summed E-state index contributed by atoms with van der Waals surface area (Å²) in [5, 5.41) is 5.53. The first-order chi connectivity index (χ1) is 22.0. The highest BCUT2D eigenvalue weighted by atomic mass is 32.2. The predicted octanol–water partition coefficient (Wildman–Crippen LogP) is 5.06. The topological polar surface area (TPSA) is 131 Å². The van der Waals surface area contributed by atoms with Gasteiger partial charge in [0, 0.05) is 42.0 Å². The van der Waals surface area contributed by atoms with Gasteiger partial charge >= 0.3 is 0 Å². The first kappa shape index (κ1) is 40.8. The summed E-state index contributed by atoms with van der Waals surface area (Å²) < 4.78 is 41.8. The van der Waals surface area contributed by atoms with Crippen LogP contribution < -0.4 is 21.1 Å². The molecule has 1 aliphatic rings. The number of hydrogen-bond acceptors (Lipinski definition) is 6. The SMILES string of the molecule is C#C.C#C.CCS(=O)c1ccc(NC(C)=O)cc1.COc1ccccc1F.NC(=O)c1cc(NCC(=O)N2CCCC2)ccc1F. The Bertz CT molecular complexity index is 1450. The molecule has 1 aliphatic heterocycles. The van der Waals surface area contributed by atoms with Crippen molar-refractivity contribution < 1.29 is 32.1 Å². The maximum absolute atomic E-state index is 13.3. The summed E-state index contributed by atoms with van der Waals surface area (Å²) in [6, 6.07) is 17.3. The normalized spacial score (nSPS) is 11.5. The van der Waals surface area contributed by atoms with Crippen molar-refractivity contribution in [1.29, 1.82) is 0 Å². The van der Waals surface area contributed by atoms with Crippen LogP contribution in [0.2, 0.25) is 0 Å². The van der Waals surface area contributed by atoms with Gasteiger partial charge in [0.1, 0.15) is 5.82 Å². The number of likely N-dealkylation sites (tertiary alicyclic amines) is 1. The highest BCUT2D eigenvalue weighted by Gasteiger charge is 2.17. The van der Waals surface area contributed by atoms with Crippen LogP contribution in [0.15, 0.2) is 71.6 Å². The van der Waals surface area contributed by atoms with Gasteiger partial charge in [-0.15, -0.1) is 25.7 Å². The summed E-state index contributed by atoms with van der Waals surface area (Å²) in [4.78, 5) is 36.1. The molecule has 1 fully saturated rings. The molecule has 3 amide bonds. The van der Waals surface area contributed by atoms with E-state index in [-0.39, 0.29) is 35.5 Å². The lowest BCUT2D eigenvalue weighted by Crippen LogP contribution is -2.33. The summed E-state index contributed by atoms with van der Waals surface area (Å²) in [6.45, 7) is 5.03. The van der Waals surface area contributed by atoms with E-state index < -0.39 is 22.5 Å². The van der Waals surface area contributed by atoms with Crippen LogP contribution in [0.4, 0.5) is 20.2 Å². The molecule has 4 N–H and O–H groups in total. The lowest BCUT2D eigenvalue weighted by molar-refractivity contribution is -0.128. The minimum absolute atomic E-state index is 0.00227.